The van der Waals surface area contributed by atoms with Crippen molar-refractivity contribution in [1.82, 2.24) is 24.8 Å². The number of hydrogen-bond acceptors (Lipinski definition) is 7. The van der Waals surface area contributed by atoms with Gasteiger partial charge in [0, 0.05) is 16.8 Å². The second kappa shape index (κ2) is 10.6. The lowest BCUT2D eigenvalue weighted by molar-refractivity contribution is -0.207. The van der Waals surface area contributed by atoms with Crippen LogP contribution in [0.4, 0.5) is 36.4 Å². The topological polar surface area (TPSA) is 101 Å². The standard InChI is InChI=1S/C22H19ClF7N7O2/c1-11(24)18-32-17(33-37(18)15-8-31-7-6-14(15)21(25,26)27)10-36-20(39)35(9-16(38)22(28,29)30)19(34-36)12-2-4-13(23)5-3-12/h2-8,11,16-17,33,38H,9-10H2,1H3/t11?,16-,17?/m0/s1. The molecule has 0 saturated carbocycles. The Bertz CT molecular complexity index is 1420. The molecular formula is C22H19ClF7N7O2. The fourth-order valence-electron chi connectivity index (χ4n) is 3.80. The van der Waals surface area contributed by atoms with Gasteiger partial charge in [-0.1, -0.05) is 11.6 Å². The number of aromatic nitrogens is 4. The number of alkyl halides is 7. The Morgan fingerprint density at radius 1 is 1.13 bits per heavy atom. The molecule has 0 aliphatic carbocycles. The lowest BCUT2D eigenvalue weighted by Crippen LogP contribution is -2.46. The van der Waals surface area contributed by atoms with Crippen molar-refractivity contribution in [2.75, 3.05) is 5.01 Å². The van der Waals surface area contributed by atoms with E-state index in [2.05, 4.69) is 20.5 Å². The van der Waals surface area contributed by atoms with Gasteiger partial charge in [0.25, 0.3) is 0 Å². The second-order valence-corrected chi connectivity index (χ2v) is 8.87. The summed E-state index contributed by atoms with van der Waals surface area (Å²) < 4.78 is 95.6. The quantitative estimate of drug-likeness (QED) is 0.412. The molecular weight excluding hydrogens is 563 g/mol. The number of aliphatic hydroxyl groups is 1. The monoisotopic (exact) mass is 581 g/mol. The van der Waals surface area contributed by atoms with Crippen LogP contribution in [0.3, 0.4) is 0 Å². The van der Waals surface area contributed by atoms with Gasteiger partial charge in [0.05, 0.1) is 30.5 Å². The molecule has 210 valence electrons. The Kier molecular flexibility index (Phi) is 7.73. The number of aliphatic imine (C=N–C) groups is 1. The first-order valence-electron chi connectivity index (χ1n) is 11.1. The van der Waals surface area contributed by atoms with Gasteiger partial charge in [-0.3, -0.25) is 14.6 Å². The number of rotatable bonds is 7. The summed E-state index contributed by atoms with van der Waals surface area (Å²) in [6, 6.07) is 6.30. The molecule has 0 radical (unpaired) electrons. The molecule has 3 heterocycles. The number of nitrogens with zero attached hydrogens (tertiary/aromatic N) is 6. The Morgan fingerprint density at radius 3 is 2.38 bits per heavy atom. The fraction of sp³-hybridized carbons (Fsp3) is 0.364. The van der Waals surface area contributed by atoms with E-state index in [-0.39, 0.29) is 11.4 Å². The van der Waals surface area contributed by atoms with Crippen LogP contribution < -0.4 is 16.1 Å². The summed E-state index contributed by atoms with van der Waals surface area (Å²) in [5.74, 6) is -0.694. The van der Waals surface area contributed by atoms with Crippen molar-refractivity contribution in [2.45, 2.75) is 50.8 Å². The van der Waals surface area contributed by atoms with Crippen LogP contribution in [0, 0.1) is 0 Å². The number of anilines is 1. The van der Waals surface area contributed by atoms with Gasteiger partial charge in [0.1, 0.15) is 6.17 Å². The van der Waals surface area contributed by atoms with Gasteiger partial charge in [-0.2, -0.15) is 26.3 Å². The van der Waals surface area contributed by atoms with Gasteiger partial charge in [-0.25, -0.2) is 24.3 Å². The van der Waals surface area contributed by atoms with Crippen LogP contribution in [-0.2, 0) is 19.3 Å². The number of pyridine rings is 1. The Morgan fingerprint density at radius 2 is 1.79 bits per heavy atom. The molecule has 1 aliphatic rings. The van der Waals surface area contributed by atoms with Crippen molar-refractivity contribution in [2.24, 2.45) is 4.99 Å². The Hall–Kier alpha value is -3.50. The molecule has 3 atom stereocenters. The Balaban J connectivity index is 1.71. The zero-order chi connectivity index (χ0) is 28.7. The zero-order valence-electron chi connectivity index (χ0n) is 19.8. The van der Waals surface area contributed by atoms with Crippen molar-refractivity contribution in [3.63, 3.8) is 0 Å². The van der Waals surface area contributed by atoms with E-state index in [0.29, 0.717) is 20.3 Å². The molecule has 2 N–H and O–H groups in total. The molecule has 0 fully saturated rings. The smallest absolute Gasteiger partial charge is 0.382 e. The molecule has 2 aromatic heterocycles. The first kappa shape index (κ1) is 28.5. The minimum atomic E-state index is -5.04. The van der Waals surface area contributed by atoms with E-state index in [0.717, 1.165) is 24.3 Å². The van der Waals surface area contributed by atoms with Crippen molar-refractivity contribution in [3.05, 3.63) is 63.8 Å². The highest BCUT2D eigenvalue weighted by molar-refractivity contribution is 6.30. The Labute approximate surface area is 220 Å². The second-order valence-electron chi connectivity index (χ2n) is 8.44. The summed E-state index contributed by atoms with van der Waals surface area (Å²) in [7, 11) is 0. The van der Waals surface area contributed by atoms with E-state index >= 15 is 0 Å². The van der Waals surface area contributed by atoms with E-state index in [9.17, 15) is 40.6 Å². The summed E-state index contributed by atoms with van der Waals surface area (Å²) in [6.45, 7) is -0.661. The van der Waals surface area contributed by atoms with Crippen molar-refractivity contribution >= 4 is 23.1 Å². The number of amidine groups is 1. The van der Waals surface area contributed by atoms with Crippen LogP contribution in [-0.4, -0.2) is 54.9 Å². The zero-order valence-corrected chi connectivity index (χ0v) is 20.5. The highest BCUT2D eigenvalue weighted by atomic mass is 35.5. The first-order chi connectivity index (χ1) is 18.2. The summed E-state index contributed by atoms with van der Waals surface area (Å²) in [4.78, 5) is 20.8. The van der Waals surface area contributed by atoms with Crippen LogP contribution in [0.1, 0.15) is 12.5 Å². The highest BCUT2D eigenvalue weighted by Crippen LogP contribution is 2.36. The molecule has 0 spiro atoms. The molecule has 0 bridgehead atoms. The largest absolute Gasteiger partial charge is 0.418 e. The van der Waals surface area contributed by atoms with Gasteiger partial charge >= 0.3 is 18.0 Å². The third-order valence-electron chi connectivity index (χ3n) is 5.60. The molecule has 0 amide bonds. The number of benzene rings is 1. The van der Waals surface area contributed by atoms with E-state index in [1.807, 2.05) is 0 Å². The molecule has 9 nitrogen and oxygen atoms in total. The fourth-order valence-corrected chi connectivity index (χ4v) is 3.92. The average Bonchev–Trinajstić information content (AvgIpc) is 3.41. The van der Waals surface area contributed by atoms with Gasteiger partial charge in [0.15, 0.2) is 23.9 Å². The van der Waals surface area contributed by atoms with Crippen molar-refractivity contribution in [3.8, 4) is 11.4 Å². The molecule has 2 unspecified atom stereocenters. The van der Waals surface area contributed by atoms with Crippen LogP contribution in [0.25, 0.3) is 11.4 Å². The van der Waals surface area contributed by atoms with Crippen LogP contribution >= 0.6 is 11.6 Å². The number of hydrazine groups is 1. The SMILES string of the molecule is CC(F)C1=NC(Cn2nc(-c3ccc(Cl)cc3)n(C[C@H](O)C(F)(F)F)c2=O)NN1c1cnccc1C(F)(F)F. The van der Waals surface area contributed by atoms with Gasteiger partial charge in [0.2, 0.25) is 0 Å². The number of hydrogen-bond donors (Lipinski definition) is 2. The minimum Gasteiger partial charge on any atom is -0.382 e. The average molecular weight is 582 g/mol. The summed E-state index contributed by atoms with van der Waals surface area (Å²) in [5.41, 5.74) is -0.00898. The van der Waals surface area contributed by atoms with Crippen LogP contribution in [0.15, 0.2) is 52.5 Å². The minimum absolute atomic E-state index is 0.192. The van der Waals surface area contributed by atoms with E-state index in [1.165, 1.54) is 24.3 Å². The lowest BCUT2D eigenvalue weighted by Gasteiger charge is -2.25. The molecule has 1 aliphatic heterocycles. The normalized spacial score (nSPS) is 17.8. The van der Waals surface area contributed by atoms with Gasteiger partial charge in [-0.15, -0.1) is 5.10 Å². The molecule has 1 aromatic carbocycles. The van der Waals surface area contributed by atoms with Crippen molar-refractivity contribution in [1.29, 1.82) is 0 Å². The third-order valence-corrected chi connectivity index (χ3v) is 5.85. The predicted molar refractivity (Wildman–Crippen MR) is 126 cm³/mol. The highest BCUT2D eigenvalue weighted by Gasteiger charge is 2.41. The van der Waals surface area contributed by atoms with E-state index in [1.54, 1.807) is 0 Å². The predicted octanol–water partition coefficient (Wildman–Crippen LogP) is 3.81. The molecule has 4 rings (SSSR count). The molecule has 39 heavy (non-hydrogen) atoms. The number of nitrogens with one attached hydrogen (secondary N) is 1. The maximum absolute atomic E-state index is 14.4. The summed E-state index contributed by atoms with van der Waals surface area (Å²) in [6.07, 6.45) is -14.1. The maximum Gasteiger partial charge on any atom is 0.418 e. The first-order valence-corrected chi connectivity index (χ1v) is 11.5. The molecule has 3 aromatic rings. The van der Waals surface area contributed by atoms with Gasteiger partial charge in [-0.05, 0) is 37.3 Å². The third kappa shape index (κ3) is 6.07. The summed E-state index contributed by atoms with van der Waals surface area (Å²) in [5, 5.41) is 14.7. The van der Waals surface area contributed by atoms with Crippen molar-refractivity contribution < 1.29 is 35.8 Å². The summed E-state index contributed by atoms with van der Waals surface area (Å²) >= 11 is 5.86. The van der Waals surface area contributed by atoms with Crippen LogP contribution in [0.5, 0.6) is 0 Å². The number of halogens is 8. The van der Waals surface area contributed by atoms with E-state index in [4.69, 9.17) is 11.6 Å². The van der Waals surface area contributed by atoms with Gasteiger partial charge < -0.3 is 5.11 Å². The maximum atomic E-state index is 14.4. The number of aliphatic hydroxyl groups excluding tert-OH is 1. The molecule has 0 saturated heterocycles. The van der Waals surface area contributed by atoms with E-state index < -0.39 is 66.7 Å². The lowest BCUT2D eigenvalue weighted by atomic mass is 10.2. The van der Waals surface area contributed by atoms with Crippen LogP contribution in [0.2, 0.25) is 5.02 Å². The molecule has 17 heteroatoms.